The van der Waals surface area contributed by atoms with Crippen LogP contribution in [0.15, 0.2) is 0 Å². The second kappa shape index (κ2) is 6.75. The predicted octanol–water partition coefficient (Wildman–Crippen LogP) is 3.93. The van der Waals surface area contributed by atoms with Gasteiger partial charge in [-0.3, -0.25) is 0 Å². The topological polar surface area (TPSA) is 47.6 Å². The van der Waals surface area contributed by atoms with Crippen molar-refractivity contribution in [2.45, 2.75) is 38.3 Å². The van der Waals surface area contributed by atoms with Gasteiger partial charge >= 0.3 is 6.18 Å². The van der Waals surface area contributed by atoms with Crippen molar-refractivity contribution in [2.75, 3.05) is 5.33 Å². The lowest BCUT2D eigenvalue weighted by Gasteiger charge is -2.18. The predicted molar refractivity (Wildman–Crippen MR) is 56.6 cm³/mol. The van der Waals surface area contributed by atoms with Crippen molar-refractivity contribution >= 4 is 15.9 Å². The zero-order chi connectivity index (χ0) is 12.7. The Morgan fingerprint density at radius 1 is 0.938 bits per heavy atom. The summed E-state index contributed by atoms with van der Waals surface area (Å²) in [6.45, 7) is 0. The number of hydrogen-bond acceptors (Lipinski definition) is 2. The largest absolute Gasteiger partial charge is 0.389 e. The summed E-state index contributed by atoms with van der Waals surface area (Å²) in [4.78, 5) is 0. The van der Waals surface area contributed by atoms with Gasteiger partial charge in [0.2, 0.25) is 0 Å². The molecule has 0 spiro atoms. The maximum Gasteiger partial charge on any atom is 0.389 e. The molecule has 0 saturated heterocycles. The van der Waals surface area contributed by atoms with E-state index < -0.39 is 24.4 Å². The molecule has 16 heavy (non-hydrogen) atoms. The fourth-order valence-corrected chi connectivity index (χ4v) is 1.65. The minimum absolute atomic E-state index is 0.196. The van der Waals surface area contributed by atoms with Crippen LogP contribution >= 0.6 is 15.9 Å². The molecular formula is C10H12BrF3N2. The average molecular weight is 297 g/mol. The lowest BCUT2D eigenvalue weighted by molar-refractivity contribution is -0.138. The van der Waals surface area contributed by atoms with Crippen LogP contribution in [0.2, 0.25) is 0 Å². The lowest BCUT2D eigenvalue weighted by Crippen LogP contribution is -2.20. The van der Waals surface area contributed by atoms with Crippen LogP contribution in [0.25, 0.3) is 0 Å². The Kier molecular flexibility index (Phi) is 6.43. The van der Waals surface area contributed by atoms with E-state index in [1.54, 1.807) is 12.1 Å². The van der Waals surface area contributed by atoms with Gasteiger partial charge in [0.05, 0.1) is 12.1 Å². The number of nitrogens with zero attached hydrogens (tertiary/aromatic N) is 2. The SMILES string of the molecule is N#CC(C#N)(CCCCBr)CCC(F)(F)F. The minimum Gasteiger partial charge on any atom is -0.197 e. The van der Waals surface area contributed by atoms with Gasteiger partial charge < -0.3 is 0 Å². The van der Waals surface area contributed by atoms with Crippen LogP contribution in [0.5, 0.6) is 0 Å². The highest BCUT2D eigenvalue weighted by Gasteiger charge is 2.36. The van der Waals surface area contributed by atoms with Crippen molar-refractivity contribution in [3.63, 3.8) is 0 Å². The van der Waals surface area contributed by atoms with Crippen molar-refractivity contribution in [1.29, 1.82) is 10.5 Å². The molecule has 0 bridgehead atoms. The van der Waals surface area contributed by atoms with E-state index in [-0.39, 0.29) is 6.42 Å². The fourth-order valence-electron chi connectivity index (χ4n) is 1.25. The summed E-state index contributed by atoms with van der Waals surface area (Å²) in [6, 6.07) is 3.44. The van der Waals surface area contributed by atoms with Gasteiger partial charge in [-0.25, -0.2) is 0 Å². The van der Waals surface area contributed by atoms with Crippen LogP contribution in [-0.2, 0) is 0 Å². The third-order valence-corrected chi connectivity index (χ3v) is 2.81. The highest BCUT2D eigenvalue weighted by molar-refractivity contribution is 9.09. The summed E-state index contributed by atoms with van der Waals surface area (Å²) < 4.78 is 36.1. The first-order chi connectivity index (χ1) is 7.39. The van der Waals surface area contributed by atoms with Gasteiger partial charge in [0.1, 0.15) is 5.41 Å². The van der Waals surface area contributed by atoms with Crippen LogP contribution in [-0.4, -0.2) is 11.5 Å². The van der Waals surface area contributed by atoms with Crippen LogP contribution in [0.1, 0.15) is 32.1 Å². The maximum absolute atomic E-state index is 12.0. The minimum atomic E-state index is -4.31. The van der Waals surface area contributed by atoms with E-state index in [2.05, 4.69) is 15.9 Å². The third-order valence-electron chi connectivity index (χ3n) is 2.25. The molecule has 2 nitrogen and oxygen atoms in total. The van der Waals surface area contributed by atoms with Crippen LogP contribution in [0.4, 0.5) is 13.2 Å². The molecule has 0 aromatic heterocycles. The van der Waals surface area contributed by atoms with E-state index in [9.17, 15) is 13.2 Å². The molecule has 0 aliphatic heterocycles. The molecule has 0 rings (SSSR count). The molecule has 6 heteroatoms. The second-order valence-electron chi connectivity index (χ2n) is 3.57. The Morgan fingerprint density at radius 3 is 1.88 bits per heavy atom. The molecule has 0 aliphatic rings. The molecule has 0 unspecified atom stereocenters. The van der Waals surface area contributed by atoms with Gasteiger partial charge in [0.25, 0.3) is 0 Å². The Bertz CT molecular complexity index is 274. The zero-order valence-electron chi connectivity index (χ0n) is 8.65. The standard InChI is InChI=1S/C10H12BrF3N2/c11-6-2-1-3-9(7-15,8-16)4-5-10(12,13)14/h1-6H2. The summed E-state index contributed by atoms with van der Waals surface area (Å²) >= 11 is 3.19. The average Bonchev–Trinajstić information content (AvgIpc) is 2.23. The molecule has 0 heterocycles. The monoisotopic (exact) mass is 296 g/mol. The van der Waals surface area contributed by atoms with Gasteiger partial charge in [-0.2, -0.15) is 23.7 Å². The van der Waals surface area contributed by atoms with Gasteiger partial charge in [-0.05, 0) is 25.7 Å². The van der Waals surface area contributed by atoms with E-state index in [0.717, 1.165) is 11.8 Å². The summed E-state index contributed by atoms with van der Waals surface area (Å²) in [5.74, 6) is 0. The molecule has 0 aromatic rings. The lowest BCUT2D eigenvalue weighted by atomic mass is 9.81. The van der Waals surface area contributed by atoms with Gasteiger partial charge in [-0.15, -0.1) is 0 Å². The first kappa shape index (κ1) is 15.2. The van der Waals surface area contributed by atoms with Gasteiger partial charge in [-0.1, -0.05) is 15.9 Å². The molecule has 0 N–H and O–H groups in total. The smallest absolute Gasteiger partial charge is 0.197 e. The van der Waals surface area contributed by atoms with Crippen molar-refractivity contribution in [1.82, 2.24) is 0 Å². The normalized spacial score (nSPS) is 11.9. The number of alkyl halides is 4. The van der Waals surface area contributed by atoms with Crippen LogP contribution in [0.3, 0.4) is 0 Å². The maximum atomic E-state index is 12.0. The van der Waals surface area contributed by atoms with E-state index in [4.69, 9.17) is 10.5 Å². The van der Waals surface area contributed by atoms with E-state index in [1.807, 2.05) is 0 Å². The highest BCUT2D eigenvalue weighted by atomic mass is 79.9. The quantitative estimate of drug-likeness (QED) is 0.551. The van der Waals surface area contributed by atoms with Crippen molar-refractivity contribution in [3.8, 4) is 12.1 Å². The number of halogens is 4. The Morgan fingerprint density at radius 2 is 1.50 bits per heavy atom. The molecule has 0 aliphatic carbocycles. The zero-order valence-corrected chi connectivity index (χ0v) is 10.2. The van der Waals surface area contributed by atoms with Crippen molar-refractivity contribution in [3.05, 3.63) is 0 Å². The van der Waals surface area contributed by atoms with Crippen LogP contribution < -0.4 is 0 Å². The Labute approximate surface area is 101 Å². The van der Waals surface area contributed by atoms with E-state index in [1.165, 1.54) is 0 Å². The molecular weight excluding hydrogens is 285 g/mol. The molecule has 0 aromatic carbocycles. The molecule has 0 radical (unpaired) electrons. The summed E-state index contributed by atoms with van der Waals surface area (Å²) in [6.07, 6.45) is -4.31. The number of rotatable bonds is 6. The summed E-state index contributed by atoms with van der Waals surface area (Å²) in [5.41, 5.74) is -1.49. The van der Waals surface area contributed by atoms with Crippen LogP contribution in [0, 0.1) is 28.1 Å². The van der Waals surface area contributed by atoms with E-state index in [0.29, 0.717) is 6.42 Å². The molecule has 0 atom stereocenters. The summed E-state index contributed by atoms with van der Waals surface area (Å²) in [5, 5.41) is 18.4. The number of hydrogen-bond donors (Lipinski definition) is 0. The first-order valence-corrected chi connectivity index (χ1v) is 5.96. The molecule has 0 amide bonds. The molecule has 90 valence electrons. The van der Waals surface area contributed by atoms with Crippen molar-refractivity contribution < 1.29 is 13.2 Å². The van der Waals surface area contributed by atoms with Gasteiger partial charge in [0, 0.05) is 11.8 Å². The van der Waals surface area contributed by atoms with Crippen molar-refractivity contribution in [2.24, 2.45) is 5.41 Å². The fraction of sp³-hybridized carbons (Fsp3) is 0.800. The second-order valence-corrected chi connectivity index (χ2v) is 4.36. The van der Waals surface area contributed by atoms with E-state index >= 15 is 0 Å². The number of nitriles is 2. The summed E-state index contributed by atoms with van der Waals surface area (Å²) in [7, 11) is 0. The number of unbranched alkanes of at least 4 members (excludes halogenated alkanes) is 1. The molecule has 0 fully saturated rings. The third kappa shape index (κ3) is 5.97. The Hall–Kier alpha value is -0.750. The Balaban J connectivity index is 4.36. The first-order valence-electron chi connectivity index (χ1n) is 4.84. The molecule has 0 saturated carbocycles. The highest BCUT2D eigenvalue weighted by Crippen LogP contribution is 2.34. The van der Waals surface area contributed by atoms with Gasteiger partial charge in [0.15, 0.2) is 0 Å².